The number of amides is 1. The average Bonchev–Trinajstić information content (AvgIpc) is 2.43. The highest BCUT2D eigenvalue weighted by Crippen LogP contribution is 2.20. The van der Waals surface area contributed by atoms with Crippen LogP contribution < -0.4 is 10.1 Å². The predicted molar refractivity (Wildman–Crippen MR) is 71.9 cm³/mol. The van der Waals surface area contributed by atoms with Gasteiger partial charge in [-0.05, 0) is 37.3 Å². The highest BCUT2D eigenvalue weighted by Gasteiger charge is 2.13. The summed E-state index contributed by atoms with van der Waals surface area (Å²) in [6.45, 7) is 2.29. The van der Waals surface area contributed by atoms with Gasteiger partial charge in [-0.2, -0.15) is 0 Å². The molecule has 20 heavy (non-hydrogen) atoms. The molecular formula is C15H13F2NO2. The van der Waals surface area contributed by atoms with Crippen LogP contribution in [0.3, 0.4) is 0 Å². The molecule has 0 aliphatic rings. The zero-order chi connectivity index (χ0) is 14.5. The molecule has 2 rings (SSSR count). The van der Waals surface area contributed by atoms with Gasteiger partial charge >= 0.3 is 0 Å². The first-order chi connectivity index (χ1) is 9.61. The topological polar surface area (TPSA) is 38.3 Å². The molecule has 0 saturated heterocycles. The number of ether oxygens (including phenoxy) is 1. The molecule has 2 aromatic carbocycles. The van der Waals surface area contributed by atoms with Crippen molar-refractivity contribution >= 4 is 11.6 Å². The quantitative estimate of drug-likeness (QED) is 0.927. The van der Waals surface area contributed by atoms with E-state index in [1.54, 1.807) is 12.1 Å². The van der Waals surface area contributed by atoms with E-state index >= 15 is 0 Å². The number of anilines is 1. The number of benzene rings is 2. The SMILES string of the molecule is CCOc1cccc(C(=O)Nc2c(F)cccc2F)c1. The van der Waals surface area contributed by atoms with Crippen molar-refractivity contribution in [2.75, 3.05) is 11.9 Å². The van der Waals surface area contributed by atoms with Crippen LogP contribution in [0.1, 0.15) is 17.3 Å². The molecule has 0 radical (unpaired) electrons. The summed E-state index contributed by atoms with van der Waals surface area (Å²) in [5.74, 6) is -1.72. The van der Waals surface area contributed by atoms with Crippen LogP contribution >= 0.6 is 0 Å². The zero-order valence-electron chi connectivity index (χ0n) is 10.8. The third-order valence-corrected chi connectivity index (χ3v) is 2.61. The Kier molecular flexibility index (Phi) is 4.30. The second-order valence-electron chi connectivity index (χ2n) is 4.01. The van der Waals surface area contributed by atoms with Crippen molar-refractivity contribution in [3.8, 4) is 5.75 Å². The summed E-state index contributed by atoms with van der Waals surface area (Å²) >= 11 is 0. The van der Waals surface area contributed by atoms with E-state index in [2.05, 4.69) is 5.32 Å². The first kappa shape index (κ1) is 14.0. The van der Waals surface area contributed by atoms with E-state index in [1.807, 2.05) is 6.92 Å². The number of carbonyl (C=O) groups is 1. The van der Waals surface area contributed by atoms with Crippen molar-refractivity contribution in [2.45, 2.75) is 6.92 Å². The number of halogens is 2. The first-order valence-corrected chi connectivity index (χ1v) is 6.10. The highest BCUT2D eigenvalue weighted by molar-refractivity contribution is 6.04. The Bertz CT molecular complexity index is 609. The summed E-state index contributed by atoms with van der Waals surface area (Å²) in [7, 11) is 0. The molecule has 1 amide bonds. The van der Waals surface area contributed by atoms with Gasteiger partial charge in [0.25, 0.3) is 5.91 Å². The first-order valence-electron chi connectivity index (χ1n) is 6.10. The zero-order valence-corrected chi connectivity index (χ0v) is 10.8. The Morgan fingerprint density at radius 3 is 2.45 bits per heavy atom. The van der Waals surface area contributed by atoms with Gasteiger partial charge in [-0.1, -0.05) is 12.1 Å². The van der Waals surface area contributed by atoms with Crippen molar-refractivity contribution < 1.29 is 18.3 Å². The Balaban J connectivity index is 2.22. The summed E-state index contributed by atoms with van der Waals surface area (Å²) in [5.41, 5.74) is -0.196. The number of carbonyl (C=O) groups excluding carboxylic acids is 1. The van der Waals surface area contributed by atoms with Crippen LogP contribution in [0.25, 0.3) is 0 Å². The maximum absolute atomic E-state index is 13.4. The van der Waals surface area contributed by atoms with E-state index in [1.165, 1.54) is 18.2 Å². The second-order valence-corrected chi connectivity index (χ2v) is 4.01. The third-order valence-electron chi connectivity index (χ3n) is 2.61. The lowest BCUT2D eigenvalue weighted by atomic mass is 10.2. The Morgan fingerprint density at radius 2 is 1.80 bits per heavy atom. The lowest BCUT2D eigenvalue weighted by molar-refractivity contribution is 0.102. The largest absolute Gasteiger partial charge is 0.494 e. The van der Waals surface area contributed by atoms with Crippen LogP contribution in [0.4, 0.5) is 14.5 Å². The number of hydrogen-bond acceptors (Lipinski definition) is 2. The average molecular weight is 277 g/mol. The van der Waals surface area contributed by atoms with Crippen LogP contribution in [0.5, 0.6) is 5.75 Å². The molecular weight excluding hydrogens is 264 g/mol. The molecule has 0 aliphatic carbocycles. The minimum Gasteiger partial charge on any atom is -0.494 e. The van der Waals surface area contributed by atoms with E-state index in [0.717, 1.165) is 12.1 Å². The molecule has 0 saturated carbocycles. The van der Waals surface area contributed by atoms with Crippen LogP contribution in [-0.4, -0.2) is 12.5 Å². The normalized spacial score (nSPS) is 10.2. The molecule has 0 aromatic heterocycles. The van der Waals surface area contributed by atoms with Gasteiger partial charge in [-0.25, -0.2) is 8.78 Å². The molecule has 3 nitrogen and oxygen atoms in total. The number of para-hydroxylation sites is 1. The predicted octanol–water partition coefficient (Wildman–Crippen LogP) is 3.62. The molecule has 5 heteroatoms. The van der Waals surface area contributed by atoms with Gasteiger partial charge in [0.1, 0.15) is 23.1 Å². The molecule has 1 N–H and O–H groups in total. The minimum atomic E-state index is -0.820. The Morgan fingerprint density at radius 1 is 1.15 bits per heavy atom. The minimum absolute atomic E-state index is 0.263. The van der Waals surface area contributed by atoms with Gasteiger partial charge in [0.15, 0.2) is 0 Å². The third kappa shape index (κ3) is 3.12. The van der Waals surface area contributed by atoms with Crippen molar-refractivity contribution in [3.63, 3.8) is 0 Å². The van der Waals surface area contributed by atoms with Crippen LogP contribution in [0, 0.1) is 11.6 Å². The van der Waals surface area contributed by atoms with Gasteiger partial charge in [-0.3, -0.25) is 4.79 Å². The number of nitrogens with one attached hydrogen (secondary N) is 1. The Hall–Kier alpha value is -2.43. The monoisotopic (exact) mass is 277 g/mol. The lowest BCUT2D eigenvalue weighted by Crippen LogP contribution is -2.14. The number of rotatable bonds is 4. The molecule has 0 aliphatic heterocycles. The second kappa shape index (κ2) is 6.14. The fourth-order valence-corrected chi connectivity index (χ4v) is 1.70. The van der Waals surface area contributed by atoms with E-state index < -0.39 is 23.2 Å². The van der Waals surface area contributed by atoms with Gasteiger partial charge in [0.05, 0.1) is 6.61 Å². The molecule has 0 heterocycles. The van der Waals surface area contributed by atoms with Crippen LogP contribution in [0.2, 0.25) is 0 Å². The number of hydrogen-bond donors (Lipinski definition) is 1. The van der Waals surface area contributed by atoms with Gasteiger partial charge in [0.2, 0.25) is 0 Å². The van der Waals surface area contributed by atoms with Crippen molar-refractivity contribution in [1.82, 2.24) is 0 Å². The van der Waals surface area contributed by atoms with Crippen molar-refractivity contribution in [3.05, 3.63) is 59.7 Å². The van der Waals surface area contributed by atoms with E-state index in [9.17, 15) is 13.6 Å². The van der Waals surface area contributed by atoms with Crippen LogP contribution in [-0.2, 0) is 0 Å². The molecule has 0 bridgehead atoms. The molecule has 0 unspecified atom stereocenters. The molecule has 0 atom stereocenters. The van der Waals surface area contributed by atoms with Gasteiger partial charge in [-0.15, -0.1) is 0 Å². The maximum atomic E-state index is 13.4. The molecule has 0 fully saturated rings. The van der Waals surface area contributed by atoms with Gasteiger partial charge in [0, 0.05) is 5.56 Å². The Labute approximate surface area is 115 Å². The molecule has 2 aromatic rings. The van der Waals surface area contributed by atoms with E-state index in [4.69, 9.17) is 4.74 Å². The van der Waals surface area contributed by atoms with E-state index in [0.29, 0.717) is 12.4 Å². The summed E-state index contributed by atoms with van der Waals surface area (Å²) < 4.78 is 32.2. The fraction of sp³-hybridized carbons (Fsp3) is 0.133. The van der Waals surface area contributed by atoms with Gasteiger partial charge < -0.3 is 10.1 Å². The maximum Gasteiger partial charge on any atom is 0.255 e. The summed E-state index contributed by atoms with van der Waals surface area (Å²) in [4.78, 5) is 12.0. The molecule has 0 spiro atoms. The van der Waals surface area contributed by atoms with Crippen molar-refractivity contribution in [1.29, 1.82) is 0 Å². The summed E-state index contributed by atoms with van der Waals surface area (Å²) in [6, 6.07) is 9.77. The van der Waals surface area contributed by atoms with Crippen LogP contribution in [0.15, 0.2) is 42.5 Å². The highest BCUT2D eigenvalue weighted by atomic mass is 19.1. The van der Waals surface area contributed by atoms with E-state index in [-0.39, 0.29) is 5.56 Å². The summed E-state index contributed by atoms with van der Waals surface area (Å²) in [5, 5.41) is 2.22. The fourth-order valence-electron chi connectivity index (χ4n) is 1.70. The lowest BCUT2D eigenvalue weighted by Gasteiger charge is -2.09. The van der Waals surface area contributed by atoms with Crippen molar-refractivity contribution in [2.24, 2.45) is 0 Å². The standard InChI is InChI=1S/C15H13F2NO2/c1-2-20-11-6-3-5-10(9-11)15(19)18-14-12(16)7-4-8-13(14)17/h3-9H,2H2,1H3,(H,18,19). The summed E-state index contributed by atoms with van der Waals surface area (Å²) in [6.07, 6.45) is 0. The smallest absolute Gasteiger partial charge is 0.255 e. The molecule has 104 valence electrons.